The van der Waals surface area contributed by atoms with E-state index in [1.807, 2.05) is 0 Å². The number of halogens is 2. The number of nitrogens with zero attached hydrogens (tertiary/aromatic N) is 4. The first-order valence-corrected chi connectivity index (χ1v) is 12.0. The summed E-state index contributed by atoms with van der Waals surface area (Å²) in [6, 6.07) is 5.94. The third-order valence-electron chi connectivity index (χ3n) is 6.33. The molecule has 0 saturated carbocycles. The molecule has 3 rings (SSSR count). The summed E-state index contributed by atoms with van der Waals surface area (Å²) in [6.45, 7) is 10.2. The first kappa shape index (κ1) is 25.7. The van der Waals surface area contributed by atoms with Crippen LogP contribution in [0.5, 0.6) is 0 Å². The molecule has 1 aromatic carbocycles. The fourth-order valence-corrected chi connectivity index (χ4v) is 4.39. The molecule has 34 heavy (non-hydrogen) atoms. The molecule has 0 N–H and O–H groups in total. The van der Waals surface area contributed by atoms with Crippen molar-refractivity contribution in [3.8, 4) is 0 Å². The van der Waals surface area contributed by atoms with E-state index < -0.39 is 11.6 Å². The number of carbonyl (C=O) groups is 2. The average Bonchev–Trinajstić information content (AvgIpc) is 2.80. The van der Waals surface area contributed by atoms with Crippen molar-refractivity contribution >= 4 is 17.5 Å². The summed E-state index contributed by atoms with van der Waals surface area (Å²) in [5.41, 5.74) is 1.82. The Labute approximate surface area is 200 Å². The summed E-state index contributed by atoms with van der Waals surface area (Å²) in [5.74, 6) is -2.39. The van der Waals surface area contributed by atoms with E-state index in [-0.39, 0.29) is 24.8 Å². The van der Waals surface area contributed by atoms with E-state index in [1.54, 1.807) is 37.1 Å². The van der Waals surface area contributed by atoms with E-state index in [4.69, 9.17) is 0 Å². The molecule has 0 spiro atoms. The number of hydrogen-bond acceptors (Lipinski definition) is 4. The van der Waals surface area contributed by atoms with Crippen LogP contribution in [0.25, 0.3) is 0 Å². The van der Waals surface area contributed by atoms with Gasteiger partial charge in [0.1, 0.15) is 0 Å². The van der Waals surface area contributed by atoms with E-state index in [0.29, 0.717) is 48.1 Å². The molecule has 2 heterocycles. The van der Waals surface area contributed by atoms with Crippen molar-refractivity contribution in [2.24, 2.45) is 0 Å². The third-order valence-corrected chi connectivity index (χ3v) is 6.33. The fourth-order valence-electron chi connectivity index (χ4n) is 4.39. The highest BCUT2D eigenvalue weighted by molar-refractivity contribution is 5.96. The van der Waals surface area contributed by atoms with Crippen LogP contribution in [-0.4, -0.2) is 58.8 Å². The quantitative estimate of drug-likeness (QED) is 0.657. The number of benzene rings is 1. The summed E-state index contributed by atoms with van der Waals surface area (Å²) in [6.07, 6.45) is 3.31. The normalized spacial score (nSPS) is 16.1. The Morgan fingerprint density at radius 1 is 1.06 bits per heavy atom. The SMILES string of the molecule is CCC(=O)N1CCCN(C(C)C)CCCN(C(=O)c2cccnc2C)Cc2cc(F)c(F)cc21. The van der Waals surface area contributed by atoms with Crippen LogP contribution < -0.4 is 4.90 Å². The van der Waals surface area contributed by atoms with Crippen molar-refractivity contribution in [1.29, 1.82) is 0 Å². The van der Waals surface area contributed by atoms with Crippen molar-refractivity contribution in [3.05, 3.63) is 58.9 Å². The van der Waals surface area contributed by atoms with Crippen LogP contribution in [0.2, 0.25) is 0 Å². The Kier molecular flexibility index (Phi) is 8.72. The summed E-state index contributed by atoms with van der Waals surface area (Å²) in [7, 11) is 0. The summed E-state index contributed by atoms with van der Waals surface area (Å²) >= 11 is 0. The molecular formula is C26H34F2N4O2. The van der Waals surface area contributed by atoms with Gasteiger partial charge < -0.3 is 14.7 Å². The molecule has 0 unspecified atom stereocenters. The number of rotatable bonds is 3. The Bertz CT molecular complexity index is 1030. The third kappa shape index (κ3) is 5.97. The van der Waals surface area contributed by atoms with Crippen LogP contribution in [0.4, 0.5) is 14.5 Å². The van der Waals surface area contributed by atoms with Gasteiger partial charge in [-0.05, 0) is 57.4 Å². The van der Waals surface area contributed by atoms with Gasteiger partial charge in [-0.2, -0.15) is 0 Å². The fraction of sp³-hybridized carbons (Fsp3) is 0.500. The van der Waals surface area contributed by atoms with Crippen molar-refractivity contribution in [1.82, 2.24) is 14.8 Å². The van der Waals surface area contributed by atoms with Gasteiger partial charge in [0, 0.05) is 63.1 Å². The maximum atomic E-state index is 14.3. The standard InChI is InChI=1S/C26H34F2N4O2/c1-5-25(33)32-14-8-12-30(18(2)3)11-7-13-31(26(34)21-9-6-10-29-19(21)4)17-20-15-22(27)23(28)16-24(20)32/h6,9-10,15-16,18H,5,7-8,11-14,17H2,1-4H3. The number of aromatic nitrogens is 1. The molecule has 6 nitrogen and oxygen atoms in total. The monoisotopic (exact) mass is 472 g/mol. The maximum absolute atomic E-state index is 14.3. The molecule has 0 radical (unpaired) electrons. The van der Waals surface area contributed by atoms with Gasteiger partial charge in [-0.15, -0.1) is 0 Å². The van der Waals surface area contributed by atoms with Crippen molar-refractivity contribution in [2.75, 3.05) is 31.1 Å². The highest BCUT2D eigenvalue weighted by atomic mass is 19.2. The topological polar surface area (TPSA) is 56.8 Å². The molecular weight excluding hydrogens is 438 g/mol. The Balaban J connectivity index is 2.07. The summed E-state index contributed by atoms with van der Waals surface area (Å²) in [4.78, 5) is 36.1. The molecule has 1 aliphatic rings. The van der Waals surface area contributed by atoms with E-state index >= 15 is 0 Å². The molecule has 0 bridgehead atoms. The van der Waals surface area contributed by atoms with E-state index in [9.17, 15) is 18.4 Å². The van der Waals surface area contributed by atoms with Crippen LogP contribution in [-0.2, 0) is 11.3 Å². The number of carbonyl (C=O) groups excluding carboxylic acids is 2. The second kappa shape index (κ2) is 11.5. The van der Waals surface area contributed by atoms with Gasteiger partial charge in [0.2, 0.25) is 5.91 Å². The van der Waals surface area contributed by atoms with Crippen LogP contribution in [0.1, 0.15) is 61.6 Å². The largest absolute Gasteiger partial charge is 0.334 e. The molecule has 0 fully saturated rings. The lowest BCUT2D eigenvalue weighted by Gasteiger charge is -2.33. The van der Waals surface area contributed by atoms with Crippen LogP contribution in [0.15, 0.2) is 30.5 Å². The lowest BCUT2D eigenvalue weighted by Crippen LogP contribution is -2.40. The van der Waals surface area contributed by atoms with Crippen LogP contribution in [0.3, 0.4) is 0 Å². The number of anilines is 1. The highest BCUT2D eigenvalue weighted by Gasteiger charge is 2.25. The maximum Gasteiger partial charge on any atom is 0.255 e. The van der Waals surface area contributed by atoms with Gasteiger partial charge in [-0.1, -0.05) is 6.92 Å². The minimum absolute atomic E-state index is 0.0644. The van der Waals surface area contributed by atoms with Gasteiger partial charge in [0.15, 0.2) is 11.6 Å². The minimum Gasteiger partial charge on any atom is -0.334 e. The zero-order chi connectivity index (χ0) is 24.8. The molecule has 1 aliphatic heterocycles. The smallest absolute Gasteiger partial charge is 0.255 e. The molecule has 2 amide bonds. The summed E-state index contributed by atoms with van der Waals surface area (Å²) in [5, 5.41) is 0. The second-order valence-corrected chi connectivity index (χ2v) is 8.99. The van der Waals surface area contributed by atoms with Crippen LogP contribution in [0, 0.1) is 18.6 Å². The first-order valence-electron chi connectivity index (χ1n) is 12.0. The Morgan fingerprint density at radius 2 is 1.74 bits per heavy atom. The summed E-state index contributed by atoms with van der Waals surface area (Å²) < 4.78 is 28.7. The lowest BCUT2D eigenvalue weighted by molar-refractivity contribution is -0.118. The number of amides is 2. The number of pyridine rings is 1. The number of hydrogen-bond donors (Lipinski definition) is 0. The zero-order valence-electron chi connectivity index (χ0n) is 20.5. The molecule has 8 heteroatoms. The van der Waals surface area contributed by atoms with Crippen molar-refractivity contribution < 1.29 is 18.4 Å². The molecule has 0 saturated heterocycles. The number of aryl methyl sites for hydroxylation is 1. The van der Waals surface area contributed by atoms with Crippen molar-refractivity contribution in [2.45, 2.75) is 59.5 Å². The predicted molar refractivity (Wildman–Crippen MR) is 129 cm³/mol. The van der Waals surface area contributed by atoms with Gasteiger partial charge >= 0.3 is 0 Å². The Morgan fingerprint density at radius 3 is 2.38 bits per heavy atom. The lowest BCUT2D eigenvalue weighted by atomic mass is 10.1. The molecule has 0 atom stereocenters. The van der Waals surface area contributed by atoms with E-state index in [2.05, 4.69) is 23.7 Å². The second-order valence-electron chi connectivity index (χ2n) is 8.99. The first-order chi connectivity index (χ1) is 16.2. The molecule has 2 aromatic rings. The van der Waals surface area contributed by atoms with Gasteiger partial charge in [-0.25, -0.2) is 8.78 Å². The number of fused-ring (bicyclic) bond motifs is 1. The van der Waals surface area contributed by atoms with Crippen molar-refractivity contribution in [3.63, 3.8) is 0 Å². The van der Waals surface area contributed by atoms with Crippen LogP contribution >= 0.6 is 0 Å². The molecule has 1 aromatic heterocycles. The van der Waals surface area contributed by atoms with E-state index in [0.717, 1.165) is 31.6 Å². The van der Waals surface area contributed by atoms with Gasteiger partial charge in [0.05, 0.1) is 11.3 Å². The van der Waals surface area contributed by atoms with E-state index in [1.165, 1.54) is 4.90 Å². The zero-order valence-corrected chi connectivity index (χ0v) is 20.5. The predicted octanol–water partition coefficient (Wildman–Crippen LogP) is 4.56. The molecule has 0 aliphatic carbocycles. The average molecular weight is 473 g/mol. The molecule has 184 valence electrons. The Hall–Kier alpha value is -2.87. The van der Waals surface area contributed by atoms with Gasteiger partial charge in [0.25, 0.3) is 5.91 Å². The minimum atomic E-state index is -1.01. The van der Waals surface area contributed by atoms with Gasteiger partial charge in [-0.3, -0.25) is 14.6 Å². The highest BCUT2D eigenvalue weighted by Crippen LogP contribution is 2.28.